The van der Waals surface area contributed by atoms with Crippen LogP contribution < -0.4 is 0 Å². The van der Waals surface area contributed by atoms with Crippen molar-refractivity contribution in [3.63, 3.8) is 0 Å². The molecule has 3 aromatic carbocycles. The molecule has 33 heavy (non-hydrogen) atoms. The third-order valence-electron chi connectivity index (χ3n) is 5.77. The van der Waals surface area contributed by atoms with E-state index in [1.807, 2.05) is 86.6 Å². The van der Waals surface area contributed by atoms with Crippen molar-refractivity contribution in [2.24, 2.45) is 0 Å². The lowest BCUT2D eigenvalue weighted by atomic mass is 9.76. The molecule has 0 N–H and O–H groups in total. The molecule has 0 bridgehead atoms. The highest BCUT2D eigenvalue weighted by Gasteiger charge is 2.30. The van der Waals surface area contributed by atoms with Crippen LogP contribution in [-0.4, -0.2) is 18.4 Å². The Kier molecular flexibility index (Phi) is 8.46. The van der Waals surface area contributed by atoms with Gasteiger partial charge in [0.1, 0.15) is 0 Å². The van der Waals surface area contributed by atoms with Crippen molar-refractivity contribution in [1.82, 2.24) is 0 Å². The van der Waals surface area contributed by atoms with E-state index in [4.69, 9.17) is 22.8 Å². The van der Waals surface area contributed by atoms with E-state index in [0.29, 0.717) is 10.6 Å². The summed E-state index contributed by atoms with van der Waals surface area (Å²) in [7, 11) is 0. The fraction of sp³-hybridized carbons (Fsp3) is 0.241. The summed E-state index contributed by atoms with van der Waals surface area (Å²) in [4.78, 5) is 25.9. The minimum atomic E-state index is -0.389. The van der Waals surface area contributed by atoms with Crippen molar-refractivity contribution in [3.05, 3.63) is 106 Å². The largest absolute Gasteiger partial charge is 0.452 e. The van der Waals surface area contributed by atoms with Crippen LogP contribution in [0.3, 0.4) is 0 Å². The van der Waals surface area contributed by atoms with E-state index in [-0.39, 0.29) is 43.0 Å². The van der Waals surface area contributed by atoms with E-state index < -0.39 is 0 Å². The lowest BCUT2D eigenvalue weighted by Gasteiger charge is -2.27. The molecule has 0 radical (unpaired) electrons. The maximum Gasteiger partial charge on any atom is 0.307 e. The average Bonchev–Trinajstić information content (AvgIpc) is 2.81. The van der Waals surface area contributed by atoms with Gasteiger partial charge in [0.05, 0.1) is 6.42 Å². The molecule has 0 saturated heterocycles. The molecule has 168 valence electrons. The quantitative estimate of drug-likeness (QED) is 0.204. The van der Waals surface area contributed by atoms with Gasteiger partial charge < -0.3 is 4.74 Å². The van der Waals surface area contributed by atoms with Crippen LogP contribution in [0.4, 0.5) is 0 Å². The van der Waals surface area contributed by atoms with Gasteiger partial charge in [-0.2, -0.15) is 0 Å². The summed E-state index contributed by atoms with van der Waals surface area (Å²) in [5.41, 5.74) is 4.77. The fourth-order valence-corrected chi connectivity index (χ4v) is 4.05. The van der Waals surface area contributed by atoms with Gasteiger partial charge in [0.2, 0.25) is 0 Å². The summed E-state index contributed by atoms with van der Waals surface area (Å²) >= 11 is 6.13. The monoisotopic (exact) mass is 458 g/mol. The molecule has 0 aromatic heterocycles. The SMILES string of the molecule is C#CCOC(=O)C[C@@H](c1ccc(C)cc1)[C@@H](CC(=O)c1ccc(C)cc1)c1ccc(Cl)cc1. The number of rotatable bonds is 9. The Morgan fingerprint density at radius 2 is 1.30 bits per heavy atom. The second-order valence-electron chi connectivity index (χ2n) is 8.24. The van der Waals surface area contributed by atoms with Gasteiger partial charge in [-0.15, -0.1) is 6.42 Å². The first kappa shape index (κ1) is 24.3. The lowest BCUT2D eigenvalue weighted by Crippen LogP contribution is -2.20. The first-order valence-corrected chi connectivity index (χ1v) is 11.3. The number of benzene rings is 3. The zero-order valence-corrected chi connectivity index (χ0v) is 19.6. The van der Waals surface area contributed by atoms with Gasteiger partial charge in [0.25, 0.3) is 0 Å². The minimum Gasteiger partial charge on any atom is -0.452 e. The van der Waals surface area contributed by atoms with Crippen LogP contribution in [-0.2, 0) is 9.53 Å². The number of Topliss-reactive ketones (excluding diaryl/α,β-unsaturated/α-hetero) is 1. The van der Waals surface area contributed by atoms with E-state index in [9.17, 15) is 9.59 Å². The summed E-state index contributed by atoms with van der Waals surface area (Å²) in [6.07, 6.45) is 5.61. The van der Waals surface area contributed by atoms with Crippen molar-refractivity contribution in [3.8, 4) is 12.3 Å². The molecule has 0 saturated carbocycles. The van der Waals surface area contributed by atoms with Crippen LogP contribution in [0.5, 0.6) is 0 Å². The molecule has 0 spiro atoms. The Hall–Kier alpha value is -3.35. The molecule has 0 unspecified atom stereocenters. The van der Waals surface area contributed by atoms with Crippen LogP contribution in [0, 0.1) is 26.2 Å². The Morgan fingerprint density at radius 1 is 0.818 bits per heavy atom. The summed E-state index contributed by atoms with van der Waals surface area (Å²) in [5, 5.41) is 0.614. The van der Waals surface area contributed by atoms with Gasteiger partial charge in [0, 0.05) is 22.9 Å². The van der Waals surface area contributed by atoms with Gasteiger partial charge in [-0.25, -0.2) is 0 Å². The standard InChI is InChI=1S/C29H27ClO3/c1-4-17-33-29(32)19-27(22-9-5-20(2)6-10-22)26(23-13-15-25(30)16-14-23)18-28(31)24-11-7-21(3)8-12-24/h1,5-16,26-27H,17-19H2,2-3H3/t26-,27-/m0/s1. The lowest BCUT2D eigenvalue weighted by molar-refractivity contribution is -0.142. The maximum absolute atomic E-state index is 13.3. The smallest absolute Gasteiger partial charge is 0.307 e. The number of hydrogen-bond acceptors (Lipinski definition) is 3. The Balaban J connectivity index is 2.01. The molecule has 0 aliphatic heterocycles. The molecule has 0 heterocycles. The second kappa shape index (κ2) is 11.5. The second-order valence-corrected chi connectivity index (χ2v) is 8.67. The fourth-order valence-electron chi connectivity index (χ4n) is 3.93. The van der Waals surface area contributed by atoms with Crippen LogP contribution in [0.2, 0.25) is 5.02 Å². The molecule has 0 fully saturated rings. The molecule has 3 nitrogen and oxygen atoms in total. The third kappa shape index (κ3) is 6.81. The molecule has 4 heteroatoms. The normalized spacial score (nSPS) is 12.4. The molecular weight excluding hydrogens is 432 g/mol. The number of terminal acetylenes is 1. The number of carbonyl (C=O) groups excluding carboxylic acids is 2. The zero-order chi connectivity index (χ0) is 23.8. The first-order valence-electron chi connectivity index (χ1n) is 10.9. The number of esters is 1. The zero-order valence-electron chi connectivity index (χ0n) is 18.9. The van der Waals surface area contributed by atoms with E-state index in [2.05, 4.69) is 5.92 Å². The molecule has 0 aliphatic rings. The van der Waals surface area contributed by atoms with Crippen LogP contribution in [0.1, 0.15) is 57.3 Å². The average molecular weight is 459 g/mol. The van der Waals surface area contributed by atoms with Crippen molar-refractivity contribution in [2.45, 2.75) is 38.5 Å². The van der Waals surface area contributed by atoms with E-state index >= 15 is 0 Å². The summed E-state index contributed by atoms with van der Waals surface area (Å²) < 4.78 is 5.19. The highest BCUT2D eigenvalue weighted by atomic mass is 35.5. The van der Waals surface area contributed by atoms with Crippen LogP contribution in [0.25, 0.3) is 0 Å². The Bertz CT molecular complexity index is 1120. The predicted molar refractivity (Wildman–Crippen MR) is 133 cm³/mol. The number of hydrogen-bond donors (Lipinski definition) is 0. The molecule has 3 aromatic rings. The van der Waals surface area contributed by atoms with Crippen LogP contribution in [0.15, 0.2) is 72.8 Å². The highest BCUT2D eigenvalue weighted by molar-refractivity contribution is 6.30. The minimum absolute atomic E-state index is 0.0176. The molecule has 2 atom stereocenters. The van der Waals surface area contributed by atoms with Gasteiger partial charge >= 0.3 is 5.97 Å². The van der Waals surface area contributed by atoms with E-state index in [0.717, 1.165) is 22.3 Å². The number of carbonyl (C=O) groups is 2. The van der Waals surface area contributed by atoms with Gasteiger partial charge in [-0.05, 0) is 43.0 Å². The topological polar surface area (TPSA) is 43.4 Å². The van der Waals surface area contributed by atoms with Gasteiger partial charge in [-0.1, -0.05) is 89.3 Å². The van der Waals surface area contributed by atoms with Crippen molar-refractivity contribution in [2.75, 3.05) is 6.61 Å². The predicted octanol–water partition coefficient (Wildman–Crippen LogP) is 6.66. The number of halogens is 1. The molecule has 0 aliphatic carbocycles. The third-order valence-corrected chi connectivity index (χ3v) is 6.02. The first-order chi connectivity index (χ1) is 15.9. The summed E-state index contributed by atoms with van der Waals surface area (Å²) in [6.45, 7) is 3.92. The maximum atomic E-state index is 13.3. The van der Waals surface area contributed by atoms with Crippen molar-refractivity contribution >= 4 is 23.4 Å². The molecular formula is C29H27ClO3. The Morgan fingerprint density at radius 3 is 1.85 bits per heavy atom. The number of aryl methyl sites for hydroxylation is 2. The number of ether oxygens (including phenoxy) is 1. The van der Waals surface area contributed by atoms with Crippen LogP contribution >= 0.6 is 11.6 Å². The van der Waals surface area contributed by atoms with Gasteiger partial charge in [-0.3, -0.25) is 9.59 Å². The summed E-state index contributed by atoms with van der Waals surface area (Å²) in [6, 6.07) is 23.0. The Labute approximate surface area is 200 Å². The highest BCUT2D eigenvalue weighted by Crippen LogP contribution is 2.40. The van der Waals surface area contributed by atoms with E-state index in [1.54, 1.807) is 0 Å². The van der Waals surface area contributed by atoms with Gasteiger partial charge in [0.15, 0.2) is 12.4 Å². The van der Waals surface area contributed by atoms with Crippen molar-refractivity contribution < 1.29 is 14.3 Å². The number of ketones is 1. The van der Waals surface area contributed by atoms with Crippen molar-refractivity contribution in [1.29, 1.82) is 0 Å². The molecule has 0 amide bonds. The molecule has 3 rings (SSSR count). The summed E-state index contributed by atoms with van der Waals surface area (Å²) in [5.74, 6) is 1.44. The van der Waals surface area contributed by atoms with E-state index in [1.165, 1.54) is 0 Å².